The van der Waals surface area contributed by atoms with Crippen LogP contribution in [0.1, 0.15) is 54.5 Å². The van der Waals surface area contributed by atoms with Crippen molar-refractivity contribution in [2.45, 2.75) is 43.5 Å². The van der Waals surface area contributed by atoms with Gasteiger partial charge in [-0.3, -0.25) is 4.68 Å². The van der Waals surface area contributed by atoms with Gasteiger partial charge in [-0.05, 0) is 49.9 Å². The van der Waals surface area contributed by atoms with Crippen LogP contribution in [0.5, 0.6) is 11.5 Å². The zero-order valence-corrected chi connectivity index (χ0v) is 12.9. The summed E-state index contributed by atoms with van der Waals surface area (Å²) in [5, 5.41) is 13.6. The van der Waals surface area contributed by atoms with Crippen LogP contribution in [0, 0.1) is 11.3 Å². The third-order valence-electron chi connectivity index (χ3n) is 4.22. The minimum Gasteiger partial charge on any atom is -0.453 e. The van der Waals surface area contributed by atoms with Crippen LogP contribution in [0.4, 0.5) is 0 Å². The highest BCUT2D eigenvalue weighted by atomic mass is 35.5. The summed E-state index contributed by atoms with van der Waals surface area (Å²) in [4.78, 5) is 0. The number of aromatic nitrogens is 2. The van der Waals surface area contributed by atoms with Crippen LogP contribution in [-0.4, -0.2) is 9.78 Å². The van der Waals surface area contributed by atoms with Gasteiger partial charge in [0.25, 0.3) is 0 Å². The number of nitriles is 1. The summed E-state index contributed by atoms with van der Waals surface area (Å²) in [5.74, 6) is 2.68. The first kappa shape index (κ1) is 13.7. The van der Waals surface area contributed by atoms with Gasteiger partial charge in [0.15, 0.2) is 5.75 Å². The van der Waals surface area contributed by atoms with E-state index in [2.05, 4.69) is 11.2 Å². The molecule has 0 bridgehead atoms. The highest BCUT2D eigenvalue weighted by molar-refractivity contribution is 6.15. The standard InChI is InChI=1S/C17H16ClN3O/c18-10-21-16(13-5-6-13)17(15(20-21)12-3-4-12)22-14-7-1-11(9-19)2-8-14/h1-2,7-8,12-13H,3-6,10H2. The van der Waals surface area contributed by atoms with Gasteiger partial charge in [0, 0.05) is 11.8 Å². The summed E-state index contributed by atoms with van der Waals surface area (Å²) >= 11 is 6.07. The normalized spacial score (nSPS) is 17.3. The van der Waals surface area contributed by atoms with E-state index in [-0.39, 0.29) is 0 Å². The molecule has 4 nitrogen and oxygen atoms in total. The predicted octanol–water partition coefficient (Wildman–Crippen LogP) is 4.50. The van der Waals surface area contributed by atoms with Gasteiger partial charge >= 0.3 is 0 Å². The number of nitrogens with zero attached hydrogens (tertiary/aromatic N) is 3. The number of benzene rings is 1. The van der Waals surface area contributed by atoms with E-state index in [9.17, 15) is 0 Å². The first-order valence-electron chi connectivity index (χ1n) is 7.64. The molecule has 2 saturated carbocycles. The van der Waals surface area contributed by atoms with Crippen molar-refractivity contribution in [3.63, 3.8) is 0 Å². The lowest BCUT2D eigenvalue weighted by atomic mass is 10.2. The molecule has 1 heterocycles. The smallest absolute Gasteiger partial charge is 0.172 e. The molecule has 0 spiro atoms. The first-order valence-corrected chi connectivity index (χ1v) is 8.18. The quantitative estimate of drug-likeness (QED) is 0.764. The zero-order valence-electron chi connectivity index (χ0n) is 12.1. The molecule has 0 unspecified atom stereocenters. The average molecular weight is 314 g/mol. The number of halogens is 1. The number of rotatable bonds is 5. The Morgan fingerprint density at radius 1 is 1.18 bits per heavy atom. The summed E-state index contributed by atoms with van der Waals surface area (Å²) in [6.07, 6.45) is 4.70. The van der Waals surface area contributed by atoms with Crippen molar-refractivity contribution < 1.29 is 4.74 Å². The van der Waals surface area contributed by atoms with Crippen molar-refractivity contribution in [1.29, 1.82) is 5.26 Å². The first-order chi connectivity index (χ1) is 10.8. The lowest BCUT2D eigenvalue weighted by Gasteiger charge is -2.09. The predicted molar refractivity (Wildman–Crippen MR) is 83.3 cm³/mol. The number of hydrogen-bond acceptors (Lipinski definition) is 3. The fourth-order valence-electron chi connectivity index (χ4n) is 2.77. The molecule has 4 rings (SSSR count). The molecule has 0 amide bonds. The third-order valence-corrected chi connectivity index (χ3v) is 4.44. The second kappa shape index (κ2) is 5.33. The van der Waals surface area contributed by atoms with Gasteiger partial charge in [-0.2, -0.15) is 10.4 Å². The molecule has 2 aromatic rings. The maximum atomic E-state index is 8.88. The Morgan fingerprint density at radius 3 is 2.41 bits per heavy atom. The topological polar surface area (TPSA) is 50.8 Å². The Balaban J connectivity index is 1.72. The van der Waals surface area contributed by atoms with Crippen LogP contribution in [0.25, 0.3) is 0 Å². The van der Waals surface area contributed by atoms with Crippen LogP contribution in [0.3, 0.4) is 0 Å². The molecule has 2 fully saturated rings. The van der Waals surface area contributed by atoms with Gasteiger partial charge < -0.3 is 4.74 Å². The molecule has 0 N–H and O–H groups in total. The molecule has 0 aliphatic heterocycles. The molecule has 0 atom stereocenters. The Hall–Kier alpha value is -1.99. The highest BCUT2D eigenvalue weighted by Gasteiger charge is 2.38. The molecular formula is C17H16ClN3O. The van der Waals surface area contributed by atoms with Crippen molar-refractivity contribution >= 4 is 11.6 Å². The number of ether oxygens (including phenoxy) is 1. The van der Waals surface area contributed by atoms with Gasteiger partial charge in [-0.25, -0.2) is 0 Å². The Labute approximate surface area is 134 Å². The summed E-state index contributed by atoms with van der Waals surface area (Å²) in [6, 6.07) is 9.70. The summed E-state index contributed by atoms with van der Waals surface area (Å²) in [5.41, 5.74) is 2.82. The monoisotopic (exact) mass is 313 g/mol. The van der Waals surface area contributed by atoms with Crippen molar-refractivity contribution in [1.82, 2.24) is 9.78 Å². The van der Waals surface area contributed by atoms with E-state index in [4.69, 9.17) is 21.6 Å². The second-order valence-electron chi connectivity index (χ2n) is 6.01. The second-order valence-corrected chi connectivity index (χ2v) is 6.24. The Morgan fingerprint density at radius 2 is 1.86 bits per heavy atom. The molecular weight excluding hydrogens is 298 g/mol. The molecule has 0 radical (unpaired) electrons. The van der Waals surface area contributed by atoms with E-state index in [1.165, 1.54) is 25.7 Å². The average Bonchev–Trinajstić information content (AvgIpc) is 3.46. The van der Waals surface area contributed by atoms with Crippen molar-refractivity contribution in [3.05, 3.63) is 41.2 Å². The zero-order chi connectivity index (χ0) is 15.1. The Bertz CT molecular complexity index is 736. The third kappa shape index (κ3) is 2.46. The van der Waals surface area contributed by atoms with Crippen molar-refractivity contribution in [2.24, 2.45) is 0 Å². The van der Waals surface area contributed by atoms with Crippen LogP contribution in [-0.2, 0) is 6.00 Å². The summed E-state index contributed by atoms with van der Waals surface area (Å²) < 4.78 is 8.07. The van der Waals surface area contributed by atoms with Crippen LogP contribution < -0.4 is 4.74 Å². The minimum atomic E-state index is 0.363. The van der Waals surface area contributed by atoms with E-state index in [0.29, 0.717) is 23.4 Å². The number of hydrogen-bond donors (Lipinski definition) is 0. The minimum absolute atomic E-state index is 0.363. The van der Waals surface area contributed by atoms with E-state index in [0.717, 1.165) is 22.9 Å². The maximum Gasteiger partial charge on any atom is 0.172 e. The molecule has 1 aromatic carbocycles. The lowest BCUT2D eigenvalue weighted by molar-refractivity contribution is 0.468. The summed E-state index contributed by atoms with van der Waals surface area (Å²) in [7, 11) is 0. The van der Waals surface area contributed by atoms with Gasteiger partial charge in [0.05, 0.1) is 17.3 Å². The molecule has 22 heavy (non-hydrogen) atoms. The van der Waals surface area contributed by atoms with Crippen LogP contribution in [0.15, 0.2) is 24.3 Å². The highest BCUT2D eigenvalue weighted by Crippen LogP contribution is 2.52. The maximum absolute atomic E-state index is 8.88. The van der Waals surface area contributed by atoms with Gasteiger partial charge in [0.1, 0.15) is 17.4 Å². The molecule has 2 aliphatic rings. The fourth-order valence-corrected chi connectivity index (χ4v) is 2.95. The van der Waals surface area contributed by atoms with E-state index in [1.807, 2.05) is 16.8 Å². The fraction of sp³-hybridized carbons (Fsp3) is 0.412. The summed E-state index contributed by atoms with van der Waals surface area (Å²) in [6.45, 7) is 0. The van der Waals surface area contributed by atoms with Crippen LogP contribution >= 0.6 is 11.6 Å². The molecule has 2 aliphatic carbocycles. The van der Waals surface area contributed by atoms with Crippen LogP contribution in [0.2, 0.25) is 0 Å². The Kier molecular flexibility index (Phi) is 3.31. The van der Waals surface area contributed by atoms with Gasteiger partial charge in [0.2, 0.25) is 0 Å². The molecule has 0 saturated heterocycles. The van der Waals surface area contributed by atoms with Crippen molar-refractivity contribution in [3.8, 4) is 17.6 Å². The van der Waals surface area contributed by atoms with Gasteiger partial charge in [-0.15, -0.1) is 11.6 Å². The van der Waals surface area contributed by atoms with E-state index < -0.39 is 0 Å². The number of alkyl halides is 1. The van der Waals surface area contributed by atoms with Gasteiger partial charge in [-0.1, -0.05) is 0 Å². The molecule has 5 heteroatoms. The van der Waals surface area contributed by atoms with E-state index in [1.54, 1.807) is 12.1 Å². The lowest BCUT2D eigenvalue weighted by Crippen LogP contribution is -2.00. The largest absolute Gasteiger partial charge is 0.453 e. The van der Waals surface area contributed by atoms with Crippen molar-refractivity contribution in [2.75, 3.05) is 0 Å². The van der Waals surface area contributed by atoms with E-state index >= 15 is 0 Å². The molecule has 112 valence electrons. The molecule has 1 aromatic heterocycles. The SMILES string of the molecule is N#Cc1ccc(Oc2c(C3CC3)nn(CCl)c2C2CC2)cc1.